The summed E-state index contributed by atoms with van der Waals surface area (Å²) in [6.45, 7) is 0.504. The van der Waals surface area contributed by atoms with Gasteiger partial charge in [-0.05, 0) is 64.5 Å². The molecule has 0 radical (unpaired) electrons. The van der Waals surface area contributed by atoms with E-state index in [2.05, 4.69) is 5.32 Å². The number of carboxylic acid groups (broad SMARTS) is 1. The van der Waals surface area contributed by atoms with E-state index in [1.165, 1.54) is 42.5 Å². The Hall–Kier alpha value is -3.70. The van der Waals surface area contributed by atoms with Gasteiger partial charge < -0.3 is 25.0 Å². The van der Waals surface area contributed by atoms with Gasteiger partial charge in [0.05, 0.1) is 15.6 Å². The molecule has 3 aromatic carbocycles. The molecular formula is C28H23Cl2N2O7S-. The number of carbonyl (C=O) groups is 3. The Bertz CT molecular complexity index is 1540. The summed E-state index contributed by atoms with van der Waals surface area (Å²) in [7, 11) is 0. The summed E-state index contributed by atoms with van der Waals surface area (Å²) in [6.07, 6.45) is 3.05. The van der Waals surface area contributed by atoms with E-state index in [1.54, 1.807) is 29.2 Å². The Morgan fingerprint density at radius 1 is 1.12 bits per heavy atom. The van der Waals surface area contributed by atoms with Crippen molar-refractivity contribution in [2.45, 2.75) is 30.3 Å². The van der Waals surface area contributed by atoms with Crippen LogP contribution in [0.3, 0.4) is 0 Å². The van der Waals surface area contributed by atoms with Crippen molar-refractivity contribution in [1.82, 2.24) is 10.2 Å². The molecule has 0 fully saturated rings. The van der Waals surface area contributed by atoms with E-state index >= 15 is 0 Å². The molecule has 2 atom stereocenters. The van der Waals surface area contributed by atoms with Crippen molar-refractivity contribution >= 4 is 58.1 Å². The number of benzene rings is 3. The average Bonchev–Trinajstić information content (AvgIpc) is 2.91. The zero-order chi connectivity index (χ0) is 29.0. The number of rotatable bonds is 8. The van der Waals surface area contributed by atoms with Gasteiger partial charge in [0.15, 0.2) is 0 Å². The standard InChI is InChI=1S/C28H24Cl2N2O7S/c29-21-14-18-15-32(24(34)9-8-17-5-1-2-7-23(17)33)11-10-20(18)26(30)25(21)27(35)31-22(28(36)37)13-16-4-3-6-19(12-16)40(38)39/h1-9,12,14,22,33H,10-11,13,15H2,(H,31,35)(H,36,37)(H,38,39)/p-1/b9-8+/t22-/m0/s1. The highest BCUT2D eigenvalue weighted by molar-refractivity contribution is 7.79. The molecule has 0 spiro atoms. The van der Waals surface area contributed by atoms with Gasteiger partial charge in [0.2, 0.25) is 5.91 Å². The van der Waals surface area contributed by atoms with Crippen LogP contribution in [0.2, 0.25) is 10.0 Å². The lowest BCUT2D eigenvalue weighted by molar-refractivity contribution is -0.139. The molecule has 0 saturated heterocycles. The van der Waals surface area contributed by atoms with E-state index < -0.39 is 29.0 Å². The van der Waals surface area contributed by atoms with E-state index in [0.29, 0.717) is 35.2 Å². The molecule has 40 heavy (non-hydrogen) atoms. The van der Waals surface area contributed by atoms with E-state index in [0.717, 1.165) is 0 Å². The molecule has 2 amide bonds. The third-order valence-electron chi connectivity index (χ3n) is 6.42. The lowest BCUT2D eigenvalue weighted by Gasteiger charge is -2.29. The van der Waals surface area contributed by atoms with Gasteiger partial charge in [0, 0.05) is 36.0 Å². The number of phenolic OH excluding ortho intramolecular Hbond substituents is 1. The van der Waals surface area contributed by atoms with Crippen LogP contribution in [0.4, 0.5) is 0 Å². The molecule has 208 valence electrons. The minimum Gasteiger partial charge on any atom is -0.768 e. The van der Waals surface area contributed by atoms with E-state index in [4.69, 9.17) is 23.2 Å². The molecule has 1 heterocycles. The van der Waals surface area contributed by atoms with Crippen LogP contribution in [0.1, 0.15) is 32.6 Å². The lowest BCUT2D eigenvalue weighted by atomic mass is 9.96. The van der Waals surface area contributed by atoms with Gasteiger partial charge in [-0.3, -0.25) is 13.8 Å². The second-order valence-electron chi connectivity index (χ2n) is 9.04. The van der Waals surface area contributed by atoms with Crippen molar-refractivity contribution in [1.29, 1.82) is 0 Å². The predicted molar refractivity (Wildman–Crippen MR) is 149 cm³/mol. The maximum Gasteiger partial charge on any atom is 0.326 e. The van der Waals surface area contributed by atoms with Crippen molar-refractivity contribution in [2.75, 3.05) is 6.54 Å². The molecule has 3 aromatic rings. The van der Waals surface area contributed by atoms with Crippen molar-refractivity contribution < 1.29 is 33.4 Å². The lowest BCUT2D eigenvalue weighted by Crippen LogP contribution is -2.42. The van der Waals surface area contributed by atoms with Gasteiger partial charge >= 0.3 is 5.97 Å². The van der Waals surface area contributed by atoms with Crippen LogP contribution in [-0.2, 0) is 40.1 Å². The number of carboxylic acids is 1. The highest BCUT2D eigenvalue weighted by atomic mass is 35.5. The monoisotopic (exact) mass is 601 g/mol. The summed E-state index contributed by atoms with van der Waals surface area (Å²) in [5, 5.41) is 22.1. The third kappa shape index (κ3) is 6.71. The van der Waals surface area contributed by atoms with Gasteiger partial charge in [-0.1, -0.05) is 53.5 Å². The zero-order valence-electron chi connectivity index (χ0n) is 20.8. The van der Waals surface area contributed by atoms with E-state index in [-0.39, 0.29) is 45.1 Å². The summed E-state index contributed by atoms with van der Waals surface area (Å²) in [5.74, 6) is -2.34. The molecule has 0 aliphatic carbocycles. The minimum absolute atomic E-state index is 0.00466. The maximum absolute atomic E-state index is 13.1. The molecule has 1 aliphatic rings. The quantitative estimate of drug-likeness (QED) is 0.261. The SMILES string of the molecule is O=C(N[C@@H](Cc1cccc(S(=O)[O-])c1)C(=O)O)c1c(Cl)cc2c(c1Cl)CCN(C(=O)/C=C/c1ccccc1O)C2. The number of nitrogens with one attached hydrogen (secondary N) is 1. The summed E-state index contributed by atoms with van der Waals surface area (Å²) >= 11 is 10.5. The fourth-order valence-corrected chi connectivity index (χ4v) is 5.59. The maximum atomic E-state index is 13.1. The van der Waals surface area contributed by atoms with E-state index in [9.17, 15) is 33.4 Å². The third-order valence-corrected chi connectivity index (χ3v) is 7.77. The van der Waals surface area contributed by atoms with Crippen molar-refractivity contribution in [3.8, 4) is 5.75 Å². The second kappa shape index (κ2) is 12.6. The molecule has 4 rings (SSSR count). The van der Waals surface area contributed by atoms with Gasteiger partial charge in [-0.15, -0.1) is 0 Å². The first-order chi connectivity index (χ1) is 19.0. The number of aromatic hydroxyl groups is 1. The number of fused-ring (bicyclic) bond motifs is 1. The van der Waals surface area contributed by atoms with Gasteiger partial charge in [0.1, 0.15) is 11.8 Å². The fraction of sp³-hybridized carbons (Fsp3) is 0.179. The summed E-state index contributed by atoms with van der Waals surface area (Å²) in [5.41, 5.74) is 2.10. The number of phenols is 1. The van der Waals surface area contributed by atoms with Crippen molar-refractivity contribution in [3.05, 3.63) is 98.5 Å². The molecule has 9 nitrogen and oxygen atoms in total. The Morgan fingerprint density at radius 3 is 2.58 bits per heavy atom. The van der Waals surface area contributed by atoms with E-state index in [1.807, 2.05) is 0 Å². The molecule has 1 aliphatic heterocycles. The molecular weight excluding hydrogens is 579 g/mol. The molecule has 3 N–H and O–H groups in total. The van der Waals surface area contributed by atoms with Gasteiger partial charge in [-0.2, -0.15) is 0 Å². The van der Waals surface area contributed by atoms with Crippen LogP contribution in [0.25, 0.3) is 6.08 Å². The van der Waals surface area contributed by atoms with Crippen LogP contribution in [0.5, 0.6) is 5.75 Å². The number of carbonyl (C=O) groups excluding carboxylic acids is 2. The minimum atomic E-state index is -2.49. The molecule has 0 bridgehead atoms. The number of para-hydroxylation sites is 1. The zero-order valence-corrected chi connectivity index (χ0v) is 23.1. The van der Waals surface area contributed by atoms with Crippen LogP contribution < -0.4 is 5.32 Å². The largest absolute Gasteiger partial charge is 0.768 e. The van der Waals surface area contributed by atoms with Crippen LogP contribution in [0, 0.1) is 0 Å². The second-order valence-corrected chi connectivity index (χ2v) is 10.8. The Labute approximate surface area is 242 Å². The Morgan fingerprint density at radius 2 is 1.88 bits per heavy atom. The molecule has 0 aromatic heterocycles. The summed E-state index contributed by atoms with van der Waals surface area (Å²) in [4.78, 5) is 39.4. The topological polar surface area (TPSA) is 147 Å². The molecule has 12 heteroatoms. The summed E-state index contributed by atoms with van der Waals surface area (Å²) in [6, 6.07) is 12.5. The number of hydrogen-bond donors (Lipinski definition) is 3. The van der Waals surface area contributed by atoms with Crippen LogP contribution in [0.15, 0.2) is 65.6 Å². The first-order valence-corrected chi connectivity index (χ1v) is 13.8. The fourth-order valence-electron chi connectivity index (χ4n) is 4.39. The Kier molecular flexibility index (Phi) is 9.26. The predicted octanol–water partition coefficient (Wildman–Crippen LogP) is 3.96. The smallest absolute Gasteiger partial charge is 0.326 e. The van der Waals surface area contributed by atoms with Crippen molar-refractivity contribution in [3.63, 3.8) is 0 Å². The van der Waals surface area contributed by atoms with Crippen molar-refractivity contribution in [2.24, 2.45) is 0 Å². The summed E-state index contributed by atoms with van der Waals surface area (Å²) < 4.78 is 22.5. The number of halogens is 2. The number of nitrogens with zero attached hydrogens (tertiary/aromatic N) is 1. The highest BCUT2D eigenvalue weighted by Gasteiger charge is 2.29. The highest BCUT2D eigenvalue weighted by Crippen LogP contribution is 2.35. The molecule has 0 saturated carbocycles. The number of amides is 2. The van der Waals surface area contributed by atoms with Gasteiger partial charge in [0.25, 0.3) is 5.91 Å². The first kappa shape index (κ1) is 29.3. The number of hydrogen-bond acceptors (Lipinski definition) is 6. The van der Waals surface area contributed by atoms with Gasteiger partial charge in [-0.25, -0.2) is 4.79 Å². The first-order valence-electron chi connectivity index (χ1n) is 12.0. The Balaban J connectivity index is 1.50. The molecule has 1 unspecified atom stereocenters. The van der Waals surface area contributed by atoms with Crippen LogP contribution >= 0.6 is 23.2 Å². The average molecular weight is 602 g/mol. The normalized spacial score (nSPS) is 14.4. The van der Waals surface area contributed by atoms with Crippen LogP contribution in [-0.4, -0.2) is 54.2 Å². The number of aliphatic carboxylic acids is 1.